The fourth-order valence-corrected chi connectivity index (χ4v) is 2.37. The van der Waals surface area contributed by atoms with Crippen molar-refractivity contribution in [3.05, 3.63) is 46.8 Å². The number of nitrogens with two attached hydrogens (primary N) is 1. The first-order valence-corrected chi connectivity index (χ1v) is 6.63. The highest BCUT2D eigenvalue weighted by Crippen LogP contribution is 2.29. The maximum absolute atomic E-state index is 6.31. The van der Waals surface area contributed by atoms with E-state index in [2.05, 4.69) is 16.0 Å². The number of fused-ring (bicyclic) bond motifs is 1. The summed E-state index contributed by atoms with van der Waals surface area (Å²) < 4.78 is 15.7. The molecule has 2 heterocycles. The van der Waals surface area contributed by atoms with Crippen molar-refractivity contribution in [3.8, 4) is 11.8 Å². The van der Waals surface area contributed by atoms with Crippen LogP contribution >= 0.6 is 0 Å². The maximum Gasteiger partial charge on any atom is 0.240 e. The lowest BCUT2D eigenvalue weighted by Crippen LogP contribution is -2.16. The fraction of sp³-hybridized carbons (Fsp3) is 0.333. The molecule has 0 amide bonds. The van der Waals surface area contributed by atoms with Gasteiger partial charge in [0.2, 0.25) is 11.8 Å². The molecule has 1 aliphatic rings. The van der Waals surface area contributed by atoms with Crippen molar-refractivity contribution in [2.75, 3.05) is 14.2 Å². The van der Waals surface area contributed by atoms with Crippen LogP contribution in [-0.2, 0) is 18.0 Å². The summed E-state index contributed by atoms with van der Waals surface area (Å²) in [6.45, 7) is 1.29. The minimum Gasteiger partial charge on any atom is -0.480 e. The van der Waals surface area contributed by atoms with E-state index in [0.717, 1.165) is 5.56 Å². The van der Waals surface area contributed by atoms with Crippen LogP contribution in [0.3, 0.4) is 0 Å². The van der Waals surface area contributed by atoms with Crippen LogP contribution in [0, 0.1) is 0 Å². The highest BCUT2D eigenvalue weighted by Gasteiger charge is 2.20. The van der Waals surface area contributed by atoms with Gasteiger partial charge in [-0.1, -0.05) is 18.2 Å². The minimum absolute atomic E-state index is 0.374. The summed E-state index contributed by atoms with van der Waals surface area (Å²) in [5, 5.41) is 0. The van der Waals surface area contributed by atoms with Crippen LogP contribution in [0.15, 0.2) is 24.4 Å². The number of nitrogens with zero attached hydrogens (tertiary/aromatic N) is 2. The molecule has 3 rings (SSSR count). The average Bonchev–Trinajstić information content (AvgIpc) is 3.01. The third-order valence-electron chi connectivity index (χ3n) is 3.55. The van der Waals surface area contributed by atoms with Crippen LogP contribution in [0.25, 0.3) is 0 Å². The standard InChI is InChI=1S/C15H17N3O3/c1-19-12-6-17-14(15(18-12)20-2)13(16)9-3-4-10-7-21-8-11(10)5-9/h3-6,13H,7-8,16H2,1-2H3. The molecule has 0 aliphatic carbocycles. The van der Waals surface area contributed by atoms with E-state index in [0.29, 0.717) is 30.7 Å². The van der Waals surface area contributed by atoms with Gasteiger partial charge in [-0.2, -0.15) is 4.98 Å². The van der Waals surface area contributed by atoms with Crippen molar-refractivity contribution in [2.24, 2.45) is 5.73 Å². The van der Waals surface area contributed by atoms with Crippen molar-refractivity contribution in [2.45, 2.75) is 19.3 Å². The third kappa shape index (κ3) is 2.55. The highest BCUT2D eigenvalue weighted by atomic mass is 16.5. The van der Waals surface area contributed by atoms with Gasteiger partial charge in [-0.15, -0.1) is 0 Å². The number of hydrogen-bond acceptors (Lipinski definition) is 6. The number of ether oxygens (including phenoxy) is 3. The Labute approximate surface area is 122 Å². The molecule has 0 saturated heterocycles. The lowest BCUT2D eigenvalue weighted by Gasteiger charge is -2.15. The molecule has 1 atom stereocenters. The largest absolute Gasteiger partial charge is 0.480 e. The summed E-state index contributed by atoms with van der Waals surface area (Å²) in [5.41, 5.74) is 10.2. The Kier molecular flexibility index (Phi) is 3.72. The van der Waals surface area contributed by atoms with E-state index >= 15 is 0 Å². The first-order chi connectivity index (χ1) is 10.2. The molecular formula is C15H17N3O3. The van der Waals surface area contributed by atoms with E-state index < -0.39 is 6.04 Å². The lowest BCUT2D eigenvalue weighted by molar-refractivity contribution is 0.134. The maximum atomic E-state index is 6.31. The molecule has 2 aromatic rings. The first kappa shape index (κ1) is 13.8. The Morgan fingerprint density at radius 3 is 2.76 bits per heavy atom. The van der Waals surface area contributed by atoms with E-state index in [1.807, 2.05) is 12.1 Å². The number of benzene rings is 1. The van der Waals surface area contributed by atoms with Gasteiger partial charge in [-0.05, 0) is 16.7 Å². The summed E-state index contributed by atoms with van der Waals surface area (Å²) in [6, 6.07) is 5.67. The van der Waals surface area contributed by atoms with Crippen LogP contribution in [0.1, 0.15) is 28.4 Å². The zero-order valence-corrected chi connectivity index (χ0v) is 12.0. The average molecular weight is 287 g/mol. The van der Waals surface area contributed by atoms with Crippen LogP contribution < -0.4 is 15.2 Å². The fourth-order valence-electron chi connectivity index (χ4n) is 2.37. The molecule has 6 heteroatoms. The smallest absolute Gasteiger partial charge is 0.240 e. The molecule has 1 unspecified atom stereocenters. The molecule has 110 valence electrons. The van der Waals surface area contributed by atoms with Crippen LogP contribution in [-0.4, -0.2) is 24.2 Å². The van der Waals surface area contributed by atoms with Crippen molar-refractivity contribution < 1.29 is 14.2 Å². The Bertz CT molecular complexity index is 661. The van der Waals surface area contributed by atoms with Gasteiger partial charge in [-0.3, -0.25) is 0 Å². The van der Waals surface area contributed by atoms with Gasteiger partial charge in [-0.25, -0.2) is 4.98 Å². The number of hydrogen-bond donors (Lipinski definition) is 1. The van der Waals surface area contributed by atoms with E-state index in [1.54, 1.807) is 0 Å². The normalized spacial score (nSPS) is 14.6. The van der Waals surface area contributed by atoms with Crippen LogP contribution in [0.5, 0.6) is 11.8 Å². The SMILES string of the molecule is COc1cnc(C(N)c2ccc3c(c2)COC3)c(OC)n1. The molecular weight excluding hydrogens is 270 g/mol. The molecule has 0 bridgehead atoms. The van der Waals surface area contributed by atoms with Crippen molar-refractivity contribution in [1.29, 1.82) is 0 Å². The predicted molar refractivity (Wildman–Crippen MR) is 76.1 cm³/mol. The molecule has 1 aromatic carbocycles. The third-order valence-corrected chi connectivity index (χ3v) is 3.55. The summed E-state index contributed by atoms with van der Waals surface area (Å²) >= 11 is 0. The Morgan fingerprint density at radius 1 is 1.19 bits per heavy atom. The second kappa shape index (κ2) is 5.67. The second-order valence-electron chi connectivity index (χ2n) is 4.81. The Morgan fingerprint density at radius 2 is 2.00 bits per heavy atom. The Balaban J connectivity index is 1.96. The van der Waals surface area contributed by atoms with Gasteiger partial charge in [0, 0.05) is 0 Å². The van der Waals surface area contributed by atoms with Crippen molar-refractivity contribution in [1.82, 2.24) is 9.97 Å². The second-order valence-corrected chi connectivity index (χ2v) is 4.81. The Hall–Kier alpha value is -2.18. The summed E-state index contributed by atoms with van der Waals surface area (Å²) in [7, 11) is 3.07. The van der Waals surface area contributed by atoms with Gasteiger partial charge >= 0.3 is 0 Å². The number of methoxy groups -OCH3 is 2. The zero-order chi connectivity index (χ0) is 14.8. The van der Waals surface area contributed by atoms with Gasteiger partial charge < -0.3 is 19.9 Å². The van der Waals surface area contributed by atoms with E-state index in [4.69, 9.17) is 19.9 Å². The quantitative estimate of drug-likeness (QED) is 0.919. The summed E-state index contributed by atoms with van der Waals surface area (Å²) in [4.78, 5) is 8.54. The van der Waals surface area contributed by atoms with Gasteiger partial charge in [0.25, 0.3) is 0 Å². The van der Waals surface area contributed by atoms with Crippen LogP contribution in [0.2, 0.25) is 0 Å². The minimum atomic E-state index is -0.413. The van der Waals surface area contributed by atoms with Crippen LogP contribution in [0.4, 0.5) is 0 Å². The summed E-state index contributed by atoms with van der Waals surface area (Å²) in [5.74, 6) is 0.767. The van der Waals surface area contributed by atoms with Gasteiger partial charge in [0.1, 0.15) is 5.69 Å². The molecule has 21 heavy (non-hydrogen) atoms. The number of aromatic nitrogens is 2. The predicted octanol–water partition coefficient (Wildman–Crippen LogP) is 1.57. The first-order valence-electron chi connectivity index (χ1n) is 6.63. The van der Waals surface area contributed by atoms with Gasteiger partial charge in [0.05, 0.1) is 39.7 Å². The van der Waals surface area contributed by atoms with E-state index in [-0.39, 0.29) is 0 Å². The highest BCUT2D eigenvalue weighted by molar-refractivity contribution is 5.39. The monoisotopic (exact) mass is 287 g/mol. The van der Waals surface area contributed by atoms with Crippen molar-refractivity contribution in [3.63, 3.8) is 0 Å². The molecule has 0 saturated carbocycles. The van der Waals surface area contributed by atoms with Crippen molar-refractivity contribution >= 4 is 0 Å². The summed E-state index contributed by atoms with van der Waals surface area (Å²) in [6.07, 6.45) is 1.54. The lowest BCUT2D eigenvalue weighted by atomic mass is 9.99. The molecule has 1 aromatic heterocycles. The molecule has 0 fully saturated rings. The molecule has 0 radical (unpaired) electrons. The zero-order valence-electron chi connectivity index (χ0n) is 12.0. The molecule has 2 N–H and O–H groups in total. The molecule has 1 aliphatic heterocycles. The van der Waals surface area contributed by atoms with E-state index in [9.17, 15) is 0 Å². The molecule has 0 spiro atoms. The number of rotatable bonds is 4. The topological polar surface area (TPSA) is 79.5 Å². The molecule has 6 nitrogen and oxygen atoms in total. The van der Waals surface area contributed by atoms with E-state index in [1.165, 1.54) is 31.5 Å². The van der Waals surface area contributed by atoms with Gasteiger partial charge in [0.15, 0.2) is 0 Å².